The molecule has 2 aliphatic heterocycles. The number of hydrogen-bond donors (Lipinski definition) is 2. The largest absolute Gasteiger partial charge is 0.391 e. The smallest absolute Gasteiger partial charge is 0.317 e. The van der Waals surface area contributed by atoms with Gasteiger partial charge in [0.15, 0.2) is 0 Å². The predicted octanol–water partition coefficient (Wildman–Crippen LogP) is 2.69. The van der Waals surface area contributed by atoms with Crippen LogP contribution in [0.5, 0.6) is 0 Å². The van der Waals surface area contributed by atoms with Gasteiger partial charge in [-0.1, -0.05) is 13.0 Å². The SMILES string of the molecule is CC1CCN(C(CNC(=O)N2CCCC(O)C2)c2cccs2)CC1. The van der Waals surface area contributed by atoms with E-state index in [1.165, 1.54) is 17.7 Å². The fourth-order valence-corrected chi connectivity index (χ4v) is 4.53. The predicted molar refractivity (Wildman–Crippen MR) is 97.2 cm³/mol. The van der Waals surface area contributed by atoms with E-state index in [-0.39, 0.29) is 18.2 Å². The first-order valence-corrected chi connectivity index (χ1v) is 9.99. The van der Waals surface area contributed by atoms with E-state index in [0.717, 1.165) is 38.4 Å². The number of urea groups is 1. The van der Waals surface area contributed by atoms with Crippen LogP contribution in [0.15, 0.2) is 17.5 Å². The molecule has 3 rings (SSSR count). The third kappa shape index (κ3) is 4.49. The van der Waals surface area contributed by atoms with Crippen molar-refractivity contribution in [1.29, 1.82) is 0 Å². The van der Waals surface area contributed by atoms with Gasteiger partial charge in [0.1, 0.15) is 0 Å². The maximum atomic E-state index is 12.4. The topological polar surface area (TPSA) is 55.8 Å². The molecular weight excluding hydrogens is 322 g/mol. The Labute approximate surface area is 148 Å². The molecule has 2 aliphatic rings. The van der Waals surface area contributed by atoms with Crippen LogP contribution >= 0.6 is 11.3 Å². The monoisotopic (exact) mass is 351 g/mol. The maximum absolute atomic E-state index is 12.4. The van der Waals surface area contributed by atoms with Gasteiger partial charge in [-0.05, 0) is 56.1 Å². The molecule has 2 fully saturated rings. The van der Waals surface area contributed by atoms with Crippen molar-refractivity contribution in [3.05, 3.63) is 22.4 Å². The highest BCUT2D eigenvalue weighted by Gasteiger charge is 2.27. The molecule has 0 bridgehead atoms. The summed E-state index contributed by atoms with van der Waals surface area (Å²) in [4.78, 5) is 18.0. The van der Waals surface area contributed by atoms with E-state index < -0.39 is 0 Å². The minimum atomic E-state index is -0.374. The molecular formula is C18H29N3O2S. The summed E-state index contributed by atoms with van der Waals surface area (Å²) in [5.41, 5.74) is 0. The molecule has 2 N–H and O–H groups in total. The average Bonchev–Trinajstić information content (AvgIpc) is 3.11. The highest BCUT2D eigenvalue weighted by molar-refractivity contribution is 7.10. The Kier molecular flexibility index (Phi) is 6.14. The second kappa shape index (κ2) is 8.32. The molecule has 2 saturated heterocycles. The maximum Gasteiger partial charge on any atom is 0.317 e. The number of aliphatic hydroxyl groups is 1. The number of nitrogens with zero attached hydrogens (tertiary/aromatic N) is 2. The Bertz CT molecular complexity index is 514. The number of amides is 2. The summed E-state index contributed by atoms with van der Waals surface area (Å²) >= 11 is 1.77. The first-order valence-electron chi connectivity index (χ1n) is 9.12. The van der Waals surface area contributed by atoms with Crippen LogP contribution in [-0.4, -0.2) is 59.8 Å². The molecule has 6 heteroatoms. The van der Waals surface area contributed by atoms with Gasteiger partial charge >= 0.3 is 6.03 Å². The Hall–Kier alpha value is -1.11. The van der Waals surface area contributed by atoms with Crippen molar-refractivity contribution in [2.75, 3.05) is 32.7 Å². The van der Waals surface area contributed by atoms with Crippen molar-refractivity contribution < 1.29 is 9.90 Å². The minimum Gasteiger partial charge on any atom is -0.391 e. The van der Waals surface area contributed by atoms with Gasteiger partial charge in [-0.25, -0.2) is 4.79 Å². The van der Waals surface area contributed by atoms with Crippen LogP contribution < -0.4 is 5.32 Å². The number of aliphatic hydroxyl groups excluding tert-OH is 1. The van der Waals surface area contributed by atoms with Gasteiger partial charge in [0.05, 0.1) is 12.1 Å². The zero-order valence-electron chi connectivity index (χ0n) is 14.5. The van der Waals surface area contributed by atoms with Crippen molar-refractivity contribution in [2.24, 2.45) is 5.92 Å². The standard InChI is InChI=1S/C18H29N3O2S/c1-14-6-9-20(10-7-14)16(17-5-3-11-24-17)12-19-18(23)21-8-2-4-15(22)13-21/h3,5,11,14-16,22H,2,4,6-10,12-13H2,1H3,(H,19,23). The van der Waals surface area contributed by atoms with E-state index in [2.05, 4.69) is 34.7 Å². The number of rotatable bonds is 4. The lowest BCUT2D eigenvalue weighted by atomic mass is 9.97. The zero-order chi connectivity index (χ0) is 16.9. The number of thiophene rings is 1. The molecule has 24 heavy (non-hydrogen) atoms. The summed E-state index contributed by atoms with van der Waals surface area (Å²) in [6.07, 6.45) is 3.77. The Morgan fingerprint density at radius 2 is 2.17 bits per heavy atom. The summed E-state index contributed by atoms with van der Waals surface area (Å²) in [7, 11) is 0. The van der Waals surface area contributed by atoms with E-state index in [0.29, 0.717) is 13.1 Å². The van der Waals surface area contributed by atoms with Crippen molar-refractivity contribution in [3.63, 3.8) is 0 Å². The van der Waals surface area contributed by atoms with E-state index in [1.807, 2.05) is 0 Å². The van der Waals surface area contributed by atoms with Gasteiger partial charge in [-0.3, -0.25) is 4.90 Å². The summed E-state index contributed by atoms with van der Waals surface area (Å²) in [5, 5.41) is 15.0. The normalized spacial score (nSPS) is 24.8. The number of likely N-dealkylation sites (tertiary alicyclic amines) is 2. The molecule has 1 aromatic rings. The van der Waals surface area contributed by atoms with Crippen LogP contribution in [-0.2, 0) is 0 Å². The van der Waals surface area contributed by atoms with Gasteiger partial charge in [0, 0.05) is 24.5 Å². The van der Waals surface area contributed by atoms with Crippen molar-refractivity contribution in [1.82, 2.24) is 15.1 Å². The van der Waals surface area contributed by atoms with Gasteiger partial charge in [-0.15, -0.1) is 11.3 Å². The minimum absolute atomic E-state index is 0.0410. The first kappa shape index (κ1) is 17.7. The number of carbonyl (C=O) groups excluding carboxylic acids is 1. The highest BCUT2D eigenvalue weighted by Crippen LogP contribution is 2.29. The average molecular weight is 352 g/mol. The van der Waals surface area contributed by atoms with E-state index >= 15 is 0 Å². The molecule has 0 aromatic carbocycles. The lowest BCUT2D eigenvalue weighted by molar-refractivity contribution is 0.0824. The quantitative estimate of drug-likeness (QED) is 0.877. The van der Waals surface area contributed by atoms with Crippen LogP contribution in [0, 0.1) is 5.92 Å². The second-order valence-electron chi connectivity index (χ2n) is 7.18. The van der Waals surface area contributed by atoms with Gasteiger partial charge in [-0.2, -0.15) is 0 Å². The van der Waals surface area contributed by atoms with Crippen LogP contribution in [0.3, 0.4) is 0 Å². The van der Waals surface area contributed by atoms with Crippen LogP contribution in [0.4, 0.5) is 4.79 Å². The summed E-state index contributed by atoms with van der Waals surface area (Å²) in [6.45, 7) is 6.36. The number of piperidine rings is 2. The number of β-amino-alcohol motifs (C(OH)–C–C–N with tert-alkyl or cyclic N) is 1. The second-order valence-corrected chi connectivity index (χ2v) is 8.16. The van der Waals surface area contributed by atoms with Gasteiger partial charge < -0.3 is 15.3 Å². The molecule has 134 valence electrons. The summed E-state index contributed by atoms with van der Waals surface area (Å²) in [6, 6.07) is 4.48. The molecule has 3 heterocycles. The van der Waals surface area contributed by atoms with Crippen molar-refractivity contribution in [3.8, 4) is 0 Å². The van der Waals surface area contributed by atoms with Crippen molar-refractivity contribution in [2.45, 2.75) is 44.8 Å². The Morgan fingerprint density at radius 3 is 2.83 bits per heavy atom. The fraction of sp³-hybridized carbons (Fsp3) is 0.722. The summed E-state index contributed by atoms with van der Waals surface area (Å²) < 4.78 is 0. The molecule has 0 radical (unpaired) electrons. The third-order valence-corrected chi connectivity index (χ3v) is 6.23. The van der Waals surface area contributed by atoms with Crippen LogP contribution in [0.1, 0.15) is 43.5 Å². The Balaban J connectivity index is 1.59. The zero-order valence-corrected chi connectivity index (χ0v) is 15.3. The first-order chi connectivity index (χ1) is 11.6. The van der Waals surface area contributed by atoms with Crippen LogP contribution in [0.25, 0.3) is 0 Å². The molecule has 5 nitrogen and oxygen atoms in total. The van der Waals surface area contributed by atoms with E-state index in [4.69, 9.17) is 0 Å². The van der Waals surface area contributed by atoms with E-state index in [9.17, 15) is 9.90 Å². The lowest BCUT2D eigenvalue weighted by Gasteiger charge is -2.37. The van der Waals surface area contributed by atoms with Crippen LogP contribution in [0.2, 0.25) is 0 Å². The molecule has 2 unspecified atom stereocenters. The van der Waals surface area contributed by atoms with Gasteiger partial charge in [0.25, 0.3) is 0 Å². The molecule has 2 amide bonds. The summed E-state index contributed by atoms with van der Waals surface area (Å²) in [5.74, 6) is 0.801. The highest BCUT2D eigenvalue weighted by atomic mass is 32.1. The van der Waals surface area contributed by atoms with E-state index in [1.54, 1.807) is 16.2 Å². The fourth-order valence-electron chi connectivity index (χ4n) is 3.67. The molecule has 0 saturated carbocycles. The molecule has 1 aromatic heterocycles. The number of nitrogens with one attached hydrogen (secondary N) is 1. The van der Waals surface area contributed by atoms with Crippen molar-refractivity contribution >= 4 is 17.4 Å². The van der Waals surface area contributed by atoms with Gasteiger partial charge in [0.2, 0.25) is 0 Å². The molecule has 0 spiro atoms. The Morgan fingerprint density at radius 1 is 1.38 bits per heavy atom. The number of hydrogen-bond acceptors (Lipinski definition) is 4. The molecule has 2 atom stereocenters. The third-order valence-electron chi connectivity index (χ3n) is 5.26. The lowest BCUT2D eigenvalue weighted by Crippen LogP contribution is -2.49. The number of carbonyl (C=O) groups is 1. The molecule has 0 aliphatic carbocycles.